The van der Waals surface area contributed by atoms with Gasteiger partial charge in [0.05, 0.1) is 16.5 Å². The fraction of sp³-hybridized carbons (Fsp3) is 0.333. The van der Waals surface area contributed by atoms with E-state index in [4.69, 9.17) is 11.6 Å². The third kappa shape index (κ3) is 3.89. The first-order valence-corrected chi connectivity index (χ1v) is 7.25. The molecule has 1 aromatic heterocycles. The van der Waals surface area contributed by atoms with Crippen LogP contribution in [0.5, 0.6) is 0 Å². The Balaban J connectivity index is 2.38. The van der Waals surface area contributed by atoms with Crippen LogP contribution >= 0.6 is 23.4 Å². The second-order valence-corrected chi connectivity index (χ2v) is 5.75. The van der Waals surface area contributed by atoms with E-state index in [-0.39, 0.29) is 10.7 Å². The lowest BCUT2D eigenvalue weighted by atomic mass is 10.2. The lowest BCUT2D eigenvalue weighted by molar-refractivity contribution is -0.144. The molecule has 0 saturated carbocycles. The first-order chi connectivity index (χ1) is 10.2. The molecule has 0 radical (unpaired) electrons. The highest BCUT2D eigenvalue weighted by atomic mass is 35.5. The van der Waals surface area contributed by atoms with Gasteiger partial charge < -0.3 is 0 Å². The minimum Gasteiger partial charge on any atom is -0.219 e. The topological polar surface area (TPSA) is 30.7 Å². The average Bonchev–Trinajstić information content (AvgIpc) is 2.86. The van der Waals surface area contributed by atoms with Crippen LogP contribution < -0.4 is 0 Å². The van der Waals surface area contributed by atoms with Crippen LogP contribution in [-0.2, 0) is 6.18 Å². The highest BCUT2D eigenvalue weighted by Gasteiger charge is 2.36. The molecule has 0 atom stereocenters. The molecule has 10 heteroatoms. The number of alkyl halides is 5. The fourth-order valence-corrected chi connectivity index (χ4v) is 2.73. The molecule has 2 aromatic rings. The predicted molar refractivity (Wildman–Crippen MR) is 72.8 cm³/mol. The molecule has 0 fully saturated rings. The Labute approximate surface area is 131 Å². The predicted octanol–water partition coefficient (Wildman–Crippen LogP) is 4.61. The molecule has 120 valence electrons. The zero-order valence-electron chi connectivity index (χ0n) is 11.0. The molecule has 2 rings (SSSR count). The van der Waals surface area contributed by atoms with E-state index in [1.165, 1.54) is 12.1 Å². The van der Waals surface area contributed by atoms with Crippen LogP contribution in [0.1, 0.15) is 11.4 Å². The van der Waals surface area contributed by atoms with Crippen molar-refractivity contribution in [2.75, 3.05) is 5.75 Å². The summed E-state index contributed by atoms with van der Waals surface area (Å²) in [6.45, 7) is 1.67. The summed E-state index contributed by atoms with van der Waals surface area (Å²) in [5.41, 5.74) is 0.794. The van der Waals surface area contributed by atoms with Crippen molar-refractivity contribution in [2.45, 2.75) is 24.4 Å². The Morgan fingerprint density at radius 3 is 2.55 bits per heavy atom. The number of nitrogens with zero attached hydrogens (tertiary/aromatic N) is 3. The van der Waals surface area contributed by atoms with Gasteiger partial charge in [0.15, 0.2) is 0 Å². The van der Waals surface area contributed by atoms with Crippen molar-refractivity contribution in [1.29, 1.82) is 0 Å². The largest absolute Gasteiger partial charge is 0.453 e. The van der Waals surface area contributed by atoms with E-state index in [2.05, 4.69) is 10.1 Å². The highest BCUT2D eigenvalue weighted by molar-refractivity contribution is 7.99. The van der Waals surface area contributed by atoms with Crippen molar-refractivity contribution in [1.82, 2.24) is 14.8 Å². The maximum Gasteiger partial charge on any atom is 0.453 e. The standard InChI is InChI=1S/C12H9ClF5N3S/c1-6-2-7(13)8(3-9(6)22-4-10(14)15)21-5-19-11(20-21)12(16,17)18/h2-3,5,10H,4H2,1H3. The summed E-state index contributed by atoms with van der Waals surface area (Å²) in [6.07, 6.45) is -6.29. The second kappa shape index (κ2) is 6.41. The molecule has 0 saturated heterocycles. The minimum atomic E-state index is -4.67. The van der Waals surface area contributed by atoms with Gasteiger partial charge in [0, 0.05) is 4.90 Å². The molecule has 0 amide bonds. The van der Waals surface area contributed by atoms with Gasteiger partial charge in [-0.15, -0.1) is 16.9 Å². The van der Waals surface area contributed by atoms with Gasteiger partial charge in [-0.1, -0.05) is 11.6 Å². The van der Waals surface area contributed by atoms with E-state index in [1.54, 1.807) is 6.92 Å². The van der Waals surface area contributed by atoms with Crippen LogP contribution in [0.25, 0.3) is 5.69 Å². The van der Waals surface area contributed by atoms with E-state index in [0.717, 1.165) is 22.8 Å². The van der Waals surface area contributed by atoms with E-state index >= 15 is 0 Å². The molecule has 0 aliphatic carbocycles. The normalized spacial score (nSPS) is 12.2. The number of aryl methyl sites for hydroxylation is 1. The zero-order valence-corrected chi connectivity index (χ0v) is 12.6. The molecule has 3 nitrogen and oxygen atoms in total. The minimum absolute atomic E-state index is 0.145. The van der Waals surface area contributed by atoms with Gasteiger partial charge in [0.25, 0.3) is 5.82 Å². The first kappa shape index (κ1) is 17.0. The first-order valence-electron chi connectivity index (χ1n) is 5.89. The molecule has 22 heavy (non-hydrogen) atoms. The van der Waals surface area contributed by atoms with Crippen molar-refractivity contribution in [3.8, 4) is 5.69 Å². The lowest BCUT2D eigenvalue weighted by Gasteiger charge is -2.10. The van der Waals surface area contributed by atoms with Crippen molar-refractivity contribution >= 4 is 23.4 Å². The molecule has 0 aliphatic heterocycles. The maximum absolute atomic E-state index is 12.5. The zero-order chi connectivity index (χ0) is 16.5. The highest BCUT2D eigenvalue weighted by Crippen LogP contribution is 2.32. The number of rotatable bonds is 4. The summed E-state index contributed by atoms with van der Waals surface area (Å²) in [5.74, 6) is -1.72. The van der Waals surface area contributed by atoms with Crippen LogP contribution in [0.4, 0.5) is 22.0 Å². The smallest absolute Gasteiger partial charge is 0.219 e. The van der Waals surface area contributed by atoms with Crippen molar-refractivity contribution in [2.24, 2.45) is 0 Å². The van der Waals surface area contributed by atoms with Gasteiger partial charge in [-0.25, -0.2) is 18.4 Å². The molecule has 0 bridgehead atoms. The Morgan fingerprint density at radius 1 is 1.32 bits per heavy atom. The van der Waals surface area contributed by atoms with Crippen molar-refractivity contribution in [3.05, 3.63) is 34.9 Å². The van der Waals surface area contributed by atoms with Gasteiger partial charge in [-0.05, 0) is 24.6 Å². The summed E-state index contributed by atoms with van der Waals surface area (Å²) < 4.78 is 63.0. The van der Waals surface area contributed by atoms with Crippen molar-refractivity contribution < 1.29 is 22.0 Å². The monoisotopic (exact) mass is 357 g/mol. The summed E-state index contributed by atoms with van der Waals surface area (Å²) in [5, 5.41) is 3.47. The third-order valence-electron chi connectivity index (χ3n) is 2.60. The van der Waals surface area contributed by atoms with Crippen LogP contribution in [-0.4, -0.2) is 26.9 Å². The number of hydrogen-bond acceptors (Lipinski definition) is 3. The molecule has 1 heterocycles. The number of aromatic nitrogens is 3. The summed E-state index contributed by atoms with van der Waals surface area (Å²) in [6, 6.07) is 2.90. The van der Waals surface area contributed by atoms with E-state index in [9.17, 15) is 22.0 Å². The number of halogens is 6. The van der Waals surface area contributed by atoms with E-state index in [0.29, 0.717) is 10.5 Å². The van der Waals surface area contributed by atoms with Gasteiger partial charge in [-0.2, -0.15) is 13.2 Å². The van der Waals surface area contributed by atoms with Gasteiger partial charge in [0.1, 0.15) is 6.33 Å². The summed E-state index contributed by atoms with van der Waals surface area (Å²) in [4.78, 5) is 3.66. The molecular formula is C12H9ClF5N3S. The Hall–Kier alpha value is -1.35. The average molecular weight is 358 g/mol. The number of benzene rings is 1. The molecule has 0 spiro atoms. The Morgan fingerprint density at radius 2 is 2.00 bits per heavy atom. The van der Waals surface area contributed by atoms with Crippen LogP contribution in [0, 0.1) is 6.92 Å². The lowest BCUT2D eigenvalue weighted by Crippen LogP contribution is -2.08. The fourth-order valence-electron chi connectivity index (χ4n) is 1.63. The quantitative estimate of drug-likeness (QED) is 0.591. The van der Waals surface area contributed by atoms with Gasteiger partial charge in [-0.3, -0.25) is 0 Å². The van der Waals surface area contributed by atoms with Gasteiger partial charge >= 0.3 is 6.18 Å². The SMILES string of the molecule is Cc1cc(Cl)c(-n2cnc(C(F)(F)F)n2)cc1SCC(F)F. The third-order valence-corrected chi connectivity index (χ3v) is 4.07. The maximum atomic E-state index is 12.5. The molecule has 1 aromatic carbocycles. The molecule has 0 unspecified atom stereocenters. The van der Waals surface area contributed by atoms with Crippen LogP contribution in [0.15, 0.2) is 23.4 Å². The van der Waals surface area contributed by atoms with Gasteiger partial charge in [0.2, 0.25) is 6.43 Å². The molecule has 0 aliphatic rings. The van der Waals surface area contributed by atoms with Crippen LogP contribution in [0.3, 0.4) is 0 Å². The summed E-state index contributed by atoms with van der Waals surface area (Å²) in [7, 11) is 0. The van der Waals surface area contributed by atoms with Crippen LogP contribution in [0.2, 0.25) is 5.02 Å². The number of hydrogen-bond donors (Lipinski definition) is 0. The number of thioether (sulfide) groups is 1. The molecule has 0 N–H and O–H groups in total. The second-order valence-electron chi connectivity index (χ2n) is 4.28. The van der Waals surface area contributed by atoms with Crippen molar-refractivity contribution in [3.63, 3.8) is 0 Å². The molecular weight excluding hydrogens is 349 g/mol. The van der Waals surface area contributed by atoms with E-state index in [1.807, 2.05) is 0 Å². The summed E-state index contributed by atoms with van der Waals surface area (Å²) >= 11 is 6.89. The van der Waals surface area contributed by atoms with E-state index < -0.39 is 24.2 Å². The Kier molecular flexibility index (Phi) is 4.96. The Bertz CT molecular complexity index is 671.